The molecular formula is C13H22N2O4. The van der Waals surface area contributed by atoms with Crippen molar-refractivity contribution in [3.8, 4) is 0 Å². The molecule has 2 heterocycles. The van der Waals surface area contributed by atoms with Crippen molar-refractivity contribution in [3.05, 3.63) is 0 Å². The number of ether oxygens (including phenoxy) is 2. The number of nitrogens with zero attached hydrogens (tertiary/aromatic N) is 2. The van der Waals surface area contributed by atoms with Crippen LogP contribution in [0.15, 0.2) is 0 Å². The quantitative estimate of drug-likeness (QED) is 0.658. The summed E-state index contributed by atoms with van der Waals surface area (Å²) in [5.74, 6) is 0.105. The first-order valence-corrected chi connectivity index (χ1v) is 6.86. The molecule has 0 radical (unpaired) electrons. The predicted octanol–water partition coefficient (Wildman–Crippen LogP) is -0.270. The molecule has 6 nitrogen and oxygen atoms in total. The molecule has 19 heavy (non-hydrogen) atoms. The number of piperazine rings is 1. The van der Waals surface area contributed by atoms with Crippen molar-refractivity contribution in [1.82, 2.24) is 9.80 Å². The average molecular weight is 270 g/mol. The minimum absolute atomic E-state index is 0.0571. The van der Waals surface area contributed by atoms with Crippen LogP contribution in [0, 0.1) is 5.92 Å². The lowest BCUT2D eigenvalue weighted by atomic mass is 10.1. The van der Waals surface area contributed by atoms with E-state index in [0.717, 1.165) is 32.6 Å². The molecule has 2 saturated heterocycles. The average Bonchev–Trinajstić information content (AvgIpc) is 2.98. The van der Waals surface area contributed by atoms with Crippen molar-refractivity contribution in [2.24, 2.45) is 5.92 Å². The second kappa shape index (κ2) is 6.86. The number of carbonyl (C=O) groups is 2. The summed E-state index contributed by atoms with van der Waals surface area (Å²) in [6.07, 6.45) is 1.27. The zero-order valence-corrected chi connectivity index (χ0v) is 11.5. The fraction of sp³-hybridized carbons (Fsp3) is 0.846. The Labute approximate surface area is 113 Å². The molecule has 2 aliphatic rings. The largest absolute Gasteiger partial charge is 0.469 e. The van der Waals surface area contributed by atoms with Crippen molar-refractivity contribution in [2.75, 3.05) is 53.0 Å². The summed E-state index contributed by atoms with van der Waals surface area (Å²) in [6, 6.07) is 0. The van der Waals surface area contributed by atoms with Gasteiger partial charge in [-0.2, -0.15) is 0 Å². The second-order valence-corrected chi connectivity index (χ2v) is 5.05. The van der Waals surface area contributed by atoms with Crippen LogP contribution >= 0.6 is 0 Å². The number of amides is 1. The van der Waals surface area contributed by atoms with Crippen molar-refractivity contribution in [2.45, 2.75) is 12.8 Å². The highest BCUT2D eigenvalue weighted by Crippen LogP contribution is 2.16. The minimum atomic E-state index is -0.179. The van der Waals surface area contributed by atoms with Crippen molar-refractivity contribution in [1.29, 1.82) is 0 Å². The van der Waals surface area contributed by atoms with Crippen LogP contribution in [0.1, 0.15) is 12.8 Å². The number of hydrogen-bond acceptors (Lipinski definition) is 5. The number of carbonyl (C=O) groups excluding carboxylic acids is 2. The van der Waals surface area contributed by atoms with Crippen molar-refractivity contribution in [3.63, 3.8) is 0 Å². The van der Waals surface area contributed by atoms with E-state index in [9.17, 15) is 9.59 Å². The monoisotopic (exact) mass is 270 g/mol. The van der Waals surface area contributed by atoms with Crippen LogP contribution in [0.25, 0.3) is 0 Å². The Morgan fingerprint density at radius 2 is 2.00 bits per heavy atom. The number of esters is 1. The lowest BCUT2D eigenvalue weighted by Crippen LogP contribution is -2.50. The van der Waals surface area contributed by atoms with Gasteiger partial charge in [-0.05, 0) is 6.42 Å². The molecule has 6 heteroatoms. The van der Waals surface area contributed by atoms with E-state index in [1.807, 2.05) is 4.90 Å². The molecule has 0 bridgehead atoms. The molecular weight excluding hydrogens is 248 g/mol. The Balaban J connectivity index is 1.69. The predicted molar refractivity (Wildman–Crippen MR) is 68.6 cm³/mol. The normalized spacial score (nSPS) is 24.5. The summed E-state index contributed by atoms with van der Waals surface area (Å²) in [4.78, 5) is 27.4. The van der Waals surface area contributed by atoms with Gasteiger partial charge in [0.25, 0.3) is 0 Å². The smallest absolute Gasteiger partial charge is 0.306 e. The summed E-state index contributed by atoms with van der Waals surface area (Å²) in [5, 5.41) is 0. The maximum atomic E-state index is 12.2. The highest BCUT2D eigenvalue weighted by molar-refractivity contribution is 5.79. The number of methoxy groups -OCH3 is 1. The van der Waals surface area contributed by atoms with Gasteiger partial charge in [-0.15, -0.1) is 0 Å². The standard InChI is InChI=1S/C13H22N2O4/c1-18-12(16)2-4-14-5-7-15(8-6-14)13(17)11-3-9-19-10-11/h11H,2-10H2,1H3. The van der Waals surface area contributed by atoms with Crippen molar-refractivity contribution >= 4 is 11.9 Å². The fourth-order valence-corrected chi connectivity index (χ4v) is 2.53. The van der Waals surface area contributed by atoms with Gasteiger partial charge in [0, 0.05) is 39.3 Å². The van der Waals surface area contributed by atoms with E-state index in [2.05, 4.69) is 9.64 Å². The zero-order chi connectivity index (χ0) is 13.7. The van der Waals surface area contributed by atoms with E-state index >= 15 is 0 Å². The van der Waals surface area contributed by atoms with Gasteiger partial charge in [-0.3, -0.25) is 14.5 Å². The molecule has 2 aliphatic heterocycles. The summed E-state index contributed by atoms with van der Waals surface area (Å²) >= 11 is 0. The highest BCUT2D eigenvalue weighted by Gasteiger charge is 2.29. The molecule has 0 spiro atoms. The molecule has 0 aromatic carbocycles. The van der Waals surface area contributed by atoms with E-state index < -0.39 is 0 Å². The van der Waals surface area contributed by atoms with Gasteiger partial charge < -0.3 is 14.4 Å². The summed E-state index contributed by atoms with van der Waals surface area (Å²) in [5.41, 5.74) is 0. The fourth-order valence-electron chi connectivity index (χ4n) is 2.53. The SMILES string of the molecule is COC(=O)CCN1CCN(C(=O)C2CCOC2)CC1. The third-order valence-electron chi connectivity index (χ3n) is 3.82. The summed E-state index contributed by atoms with van der Waals surface area (Å²) < 4.78 is 9.88. The first-order valence-electron chi connectivity index (χ1n) is 6.86. The van der Waals surface area contributed by atoms with Gasteiger partial charge in [-0.25, -0.2) is 0 Å². The third-order valence-corrected chi connectivity index (χ3v) is 3.82. The molecule has 0 aliphatic carbocycles. The Morgan fingerprint density at radius 3 is 2.58 bits per heavy atom. The topological polar surface area (TPSA) is 59.1 Å². The molecule has 108 valence electrons. The maximum absolute atomic E-state index is 12.2. The van der Waals surface area contributed by atoms with Crippen LogP contribution < -0.4 is 0 Å². The molecule has 2 rings (SSSR count). The molecule has 1 atom stereocenters. The van der Waals surface area contributed by atoms with Crippen LogP contribution in [-0.4, -0.2) is 74.7 Å². The van der Waals surface area contributed by atoms with E-state index in [0.29, 0.717) is 26.2 Å². The number of rotatable bonds is 4. The molecule has 0 aromatic heterocycles. The molecule has 1 amide bonds. The van der Waals surface area contributed by atoms with E-state index in [-0.39, 0.29) is 17.8 Å². The lowest BCUT2D eigenvalue weighted by Gasteiger charge is -2.35. The molecule has 0 saturated carbocycles. The van der Waals surface area contributed by atoms with Gasteiger partial charge >= 0.3 is 5.97 Å². The Bertz CT molecular complexity index is 321. The Kier molecular flexibility index (Phi) is 5.15. The molecule has 0 N–H and O–H groups in total. The van der Waals surface area contributed by atoms with Gasteiger partial charge in [0.2, 0.25) is 5.91 Å². The Morgan fingerprint density at radius 1 is 1.26 bits per heavy atom. The van der Waals surface area contributed by atoms with Crippen LogP contribution in [0.2, 0.25) is 0 Å². The van der Waals surface area contributed by atoms with Crippen LogP contribution in [0.3, 0.4) is 0 Å². The first kappa shape index (κ1) is 14.3. The van der Waals surface area contributed by atoms with Crippen LogP contribution in [0.5, 0.6) is 0 Å². The van der Waals surface area contributed by atoms with Gasteiger partial charge in [0.1, 0.15) is 0 Å². The second-order valence-electron chi connectivity index (χ2n) is 5.05. The van der Waals surface area contributed by atoms with Gasteiger partial charge in [-0.1, -0.05) is 0 Å². The van der Waals surface area contributed by atoms with Gasteiger partial charge in [0.15, 0.2) is 0 Å². The highest BCUT2D eigenvalue weighted by atomic mass is 16.5. The minimum Gasteiger partial charge on any atom is -0.469 e. The van der Waals surface area contributed by atoms with Crippen LogP contribution in [-0.2, 0) is 19.1 Å². The third kappa shape index (κ3) is 3.91. The summed E-state index contributed by atoms with van der Waals surface area (Å²) in [6.45, 7) is 5.14. The zero-order valence-electron chi connectivity index (χ0n) is 11.5. The molecule has 1 unspecified atom stereocenters. The summed E-state index contributed by atoms with van der Waals surface area (Å²) in [7, 11) is 1.41. The Hall–Kier alpha value is -1.14. The maximum Gasteiger partial charge on any atom is 0.306 e. The van der Waals surface area contributed by atoms with Crippen LogP contribution in [0.4, 0.5) is 0 Å². The van der Waals surface area contributed by atoms with E-state index in [4.69, 9.17) is 4.74 Å². The van der Waals surface area contributed by atoms with E-state index in [1.165, 1.54) is 7.11 Å². The molecule has 2 fully saturated rings. The van der Waals surface area contributed by atoms with E-state index in [1.54, 1.807) is 0 Å². The molecule has 0 aromatic rings. The van der Waals surface area contributed by atoms with Gasteiger partial charge in [0.05, 0.1) is 26.1 Å². The lowest BCUT2D eigenvalue weighted by molar-refractivity contribution is -0.142. The first-order chi connectivity index (χ1) is 9.20. The number of hydrogen-bond donors (Lipinski definition) is 0. The van der Waals surface area contributed by atoms with Crippen molar-refractivity contribution < 1.29 is 19.1 Å².